The third kappa shape index (κ3) is 3.80. The molecule has 1 fully saturated rings. The van der Waals surface area contributed by atoms with E-state index in [4.69, 9.17) is 4.74 Å². The first-order chi connectivity index (χ1) is 10.3. The third-order valence-corrected chi connectivity index (χ3v) is 4.14. The zero-order chi connectivity index (χ0) is 14.7. The average molecular weight is 288 g/mol. The second-order valence-electron chi connectivity index (χ2n) is 5.93. The molecule has 21 heavy (non-hydrogen) atoms. The van der Waals surface area contributed by atoms with Gasteiger partial charge in [0.05, 0.1) is 6.61 Å². The SMILES string of the molecule is COCC1=CCN(c2ncc(CNC3CC3)c(C)n2)CC1. The van der Waals surface area contributed by atoms with Gasteiger partial charge >= 0.3 is 0 Å². The highest BCUT2D eigenvalue weighted by atomic mass is 16.5. The molecule has 0 unspecified atom stereocenters. The van der Waals surface area contributed by atoms with Crippen molar-refractivity contribution in [1.82, 2.24) is 15.3 Å². The van der Waals surface area contributed by atoms with E-state index in [2.05, 4.69) is 33.2 Å². The fourth-order valence-corrected chi connectivity index (χ4v) is 2.56. The minimum Gasteiger partial charge on any atom is -0.380 e. The lowest BCUT2D eigenvalue weighted by atomic mass is 10.1. The summed E-state index contributed by atoms with van der Waals surface area (Å²) < 4.78 is 5.18. The molecule has 1 aliphatic heterocycles. The van der Waals surface area contributed by atoms with E-state index < -0.39 is 0 Å². The smallest absolute Gasteiger partial charge is 0.225 e. The lowest BCUT2D eigenvalue weighted by Gasteiger charge is -2.26. The fraction of sp³-hybridized carbons (Fsp3) is 0.625. The summed E-state index contributed by atoms with van der Waals surface area (Å²) in [5.41, 5.74) is 3.66. The molecule has 5 heteroatoms. The van der Waals surface area contributed by atoms with E-state index in [1.165, 1.54) is 24.0 Å². The highest BCUT2D eigenvalue weighted by Crippen LogP contribution is 2.20. The molecule has 0 amide bonds. The van der Waals surface area contributed by atoms with Crippen LogP contribution in [-0.4, -0.2) is 42.8 Å². The van der Waals surface area contributed by atoms with Crippen molar-refractivity contribution < 1.29 is 4.74 Å². The third-order valence-electron chi connectivity index (χ3n) is 4.14. The van der Waals surface area contributed by atoms with E-state index in [1.54, 1.807) is 7.11 Å². The molecule has 3 rings (SSSR count). The second-order valence-corrected chi connectivity index (χ2v) is 5.93. The first-order valence-electron chi connectivity index (χ1n) is 7.74. The molecule has 2 heterocycles. The predicted octanol–water partition coefficient (Wildman–Crippen LogP) is 1.82. The number of ether oxygens (including phenoxy) is 1. The Morgan fingerprint density at radius 3 is 2.90 bits per heavy atom. The monoisotopic (exact) mass is 288 g/mol. The fourth-order valence-electron chi connectivity index (χ4n) is 2.56. The van der Waals surface area contributed by atoms with Gasteiger partial charge in [0.2, 0.25) is 5.95 Å². The van der Waals surface area contributed by atoms with Crippen molar-refractivity contribution in [2.24, 2.45) is 0 Å². The molecule has 0 spiro atoms. The summed E-state index contributed by atoms with van der Waals surface area (Å²) in [5.74, 6) is 0.843. The van der Waals surface area contributed by atoms with E-state index in [1.807, 2.05) is 6.20 Å². The minimum atomic E-state index is 0.718. The Labute approximate surface area is 126 Å². The van der Waals surface area contributed by atoms with Gasteiger partial charge in [-0.05, 0) is 31.8 Å². The molecule has 1 aliphatic carbocycles. The first kappa shape index (κ1) is 14.5. The summed E-state index contributed by atoms with van der Waals surface area (Å²) in [6, 6.07) is 0.718. The van der Waals surface area contributed by atoms with Crippen LogP contribution in [0, 0.1) is 6.92 Å². The zero-order valence-corrected chi connectivity index (χ0v) is 12.9. The van der Waals surface area contributed by atoms with Crippen LogP contribution in [0.4, 0.5) is 5.95 Å². The maximum atomic E-state index is 5.18. The predicted molar refractivity (Wildman–Crippen MR) is 83.4 cm³/mol. The van der Waals surface area contributed by atoms with Crippen LogP contribution in [0.5, 0.6) is 0 Å². The number of hydrogen-bond donors (Lipinski definition) is 1. The molecule has 0 saturated heterocycles. The molecule has 114 valence electrons. The zero-order valence-electron chi connectivity index (χ0n) is 12.9. The Balaban J connectivity index is 1.62. The van der Waals surface area contributed by atoms with E-state index in [-0.39, 0.29) is 0 Å². The molecule has 2 aliphatic rings. The summed E-state index contributed by atoms with van der Waals surface area (Å²) in [6.07, 6.45) is 7.85. The van der Waals surface area contributed by atoms with Crippen LogP contribution in [0.25, 0.3) is 0 Å². The molecule has 1 N–H and O–H groups in total. The van der Waals surface area contributed by atoms with Gasteiger partial charge in [0, 0.05) is 50.2 Å². The standard InChI is InChI=1S/C16H24N4O/c1-12-14(9-17-15-3-4-15)10-18-16(19-12)20-7-5-13(6-8-20)11-21-2/h5,10,15,17H,3-4,6-9,11H2,1-2H3. The Morgan fingerprint density at radius 1 is 1.43 bits per heavy atom. The Hall–Kier alpha value is -1.46. The number of hydrogen-bond acceptors (Lipinski definition) is 5. The number of aryl methyl sites for hydroxylation is 1. The Bertz CT molecular complexity index is 525. The van der Waals surface area contributed by atoms with Gasteiger partial charge in [-0.3, -0.25) is 0 Å². The van der Waals surface area contributed by atoms with Gasteiger partial charge in [-0.1, -0.05) is 6.08 Å². The largest absolute Gasteiger partial charge is 0.380 e. The summed E-state index contributed by atoms with van der Waals surface area (Å²) >= 11 is 0. The van der Waals surface area contributed by atoms with Gasteiger partial charge in [0.25, 0.3) is 0 Å². The van der Waals surface area contributed by atoms with E-state index in [9.17, 15) is 0 Å². The van der Waals surface area contributed by atoms with Gasteiger partial charge < -0.3 is 15.0 Å². The van der Waals surface area contributed by atoms with Gasteiger partial charge in [-0.15, -0.1) is 0 Å². The molecule has 5 nitrogen and oxygen atoms in total. The average Bonchev–Trinajstić information content (AvgIpc) is 3.31. The first-order valence-corrected chi connectivity index (χ1v) is 7.74. The summed E-state index contributed by atoms with van der Waals surface area (Å²) in [7, 11) is 1.74. The quantitative estimate of drug-likeness (QED) is 0.809. The molecule has 1 saturated carbocycles. The Morgan fingerprint density at radius 2 is 2.29 bits per heavy atom. The molecule has 0 atom stereocenters. The van der Waals surface area contributed by atoms with Crippen LogP contribution in [0.15, 0.2) is 17.8 Å². The van der Waals surface area contributed by atoms with Gasteiger partial charge in [-0.2, -0.15) is 0 Å². The topological polar surface area (TPSA) is 50.3 Å². The van der Waals surface area contributed by atoms with Crippen LogP contribution >= 0.6 is 0 Å². The summed E-state index contributed by atoms with van der Waals surface area (Å²) in [5, 5.41) is 3.52. The number of rotatable bonds is 6. The van der Waals surface area contributed by atoms with Crippen molar-refractivity contribution in [3.8, 4) is 0 Å². The van der Waals surface area contributed by atoms with Gasteiger partial charge in [-0.25, -0.2) is 9.97 Å². The highest BCUT2D eigenvalue weighted by Gasteiger charge is 2.21. The maximum Gasteiger partial charge on any atom is 0.225 e. The molecule has 1 aromatic rings. The molecular formula is C16H24N4O. The molecule has 1 aromatic heterocycles. The van der Waals surface area contributed by atoms with Crippen LogP contribution < -0.4 is 10.2 Å². The molecular weight excluding hydrogens is 264 g/mol. The van der Waals surface area contributed by atoms with Crippen LogP contribution in [-0.2, 0) is 11.3 Å². The van der Waals surface area contributed by atoms with Crippen molar-refractivity contribution in [3.05, 3.63) is 29.1 Å². The number of anilines is 1. The van der Waals surface area contributed by atoms with Crippen LogP contribution in [0.1, 0.15) is 30.5 Å². The molecule has 0 aromatic carbocycles. The Kier molecular flexibility index (Phi) is 4.51. The maximum absolute atomic E-state index is 5.18. The molecule has 0 radical (unpaired) electrons. The summed E-state index contributed by atoms with van der Waals surface area (Å²) in [6.45, 7) is 5.53. The summed E-state index contributed by atoms with van der Waals surface area (Å²) in [4.78, 5) is 11.5. The van der Waals surface area contributed by atoms with Crippen molar-refractivity contribution >= 4 is 5.95 Å². The van der Waals surface area contributed by atoms with E-state index in [0.29, 0.717) is 0 Å². The lowest BCUT2D eigenvalue weighted by Crippen LogP contribution is -2.31. The van der Waals surface area contributed by atoms with Crippen molar-refractivity contribution in [1.29, 1.82) is 0 Å². The van der Waals surface area contributed by atoms with Gasteiger partial charge in [0.1, 0.15) is 0 Å². The van der Waals surface area contributed by atoms with Crippen LogP contribution in [0.3, 0.4) is 0 Å². The highest BCUT2D eigenvalue weighted by molar-refractivity contribution is 5.36. The van der Waals surface area contributed by atoms with E-state index in [0.717, 1.165) is 50.3 Å². The number of nitrogens with one attached hydrogen (secondary N) is 1. The molecule has 0 bridgehead atoms. The second kappa shape index (κ2) is 6.54. The van der Waals surface area contributed by atoms with Crippen LogP contribution in [0.2, 0.25) is 0 Å². The number of nitrogens with zero attached hydrogens (tertiary/aromatic N) is 3. The van der Waals surface area contributed by atoms with E-state index >= 15 is 0 Å². The normalized spacial score (nSPS) is 18.8. The van der Waals surface area contributed by atoms with Gasteiger partial charge in [0.15, 0.2) is 0 Å². The number of methoxy groups -OCH3 is 1. The minimum absolute atomic E-state index is 0.718. The van der Waals surface area contributed by atoms with Crippen molar-refractivity contribution in [2.75, 3.05) is 31.7 Å². The van der Waals surface area contributed by atoms with Crippen molar-refractivity contribution in [3.63, 3.8) is 0 Å². The number of aromatic nitrogens is 2. The lowest BCUT2D eigenvalue weighted by molar-refractivity contribution is 0.222. The van der Waals surface area contributed by atoms with Crippen molar-refractivity contribution in [2.45, 2.75) is 38.8 Å².